The van der Waals surface area contributed by atoms with E-state index in [0.717, 1.165) is 44.0 Å². The minimum Gasteiger partial charge on any atom is -0.355 e. The summed E-state index contributed by atoms with van der Waals surface area (Å²) in [6.45, 7) is 9.32. The van der Waals surface area contributed by atoms with Crippen molar-refractivity contribution < 1.29 is 0 Å². The SMILES string of the molecule is Cc1ccc(N(C)C2CCN(CC(C)(C)N)CC2)nn1. The Bertz CT molecular complexity index is 415. The Labute approximate surface area is 122 Å². The number of anilines is 1. The molecule has 0 aromatic carbocycles. The van der Waals surface area contributed by atoms with E-state index < -0.39 is 0 Å². The third-order valence-corrected chi connectivity index (χ3v) is 3.88. The molecule has 112 valence electrons. The summed E-state index contributed by atoms with van der Waals surface area (Å²) in [4.78, 5) is 4.72. The average molecular weight is 277 g/mol. The van der Waals surface area contributed by atoms with Crippen LogP contribution < -0.4 is 10.6 Å². The smallest absolute Gasteiger partial charge is 0.151 e. The molecule has 1 aromatic heterocycles. The summed E-state index contributed by atoms with van der Waals surface area (Å²) in [5.41, 5.74) is 6.95. The van der Waals surface area contributed by atoms with Gasteiger partial charge in [-0.05, 0) is 45.7 Å². The van der Waals surface area contributed by atoms with Crippen molar-refractivity contribution in [1.29, 1.82) is 0 Å². The average Bonchev–Trinajstić information content (AvgIpc) is 2.38. The van der Waals surface area contributed by atoms with Crippen LogP contribution in [-0.2, 0) is 0 Å². The predicted molar refractivity (Wildman–Crippen MR) is 82.9 cm³/mol. The van der Waals surface area contributed by atoms with Crippen molar-refractivity contribution in [2.75, 3.05) is 31.6 Å². The van der Waals surface area contributed by atoms with Crippen molar-refractivity contribution in [3.63, 3.8) is 0 Å². The standard InChI is InChI=1S/C15H27N5/c1-12-5-6-14(18-17-12)19(4)13-7-9-20(10-8-13)11-15(2,3)16/h5-6,13H,7-11,16H2,1-4H3. The molecule has 0 saturated carbocycles. The van der Waals surface area contributed by atoms with E-state index in [9.17, 15) is 0 Å². The van der Waals surface area contributed by atoms with Crippen LogP contribution in [0.5, 0.6) is 0 Å². The molecule has 5 heteroatoms. The number of hydrogen-bond acceptors (Lipinski definition) is 5. The van der Waals surface area contributed by atoms with Crippen molar-refractivity contribution >= 4 is 5.82 Å². The molecule has 1 fully saturated rings. The van der Waals surface area contributed by atoms with Gasteiger partial charge >= 0.3 is 0 Å². The lowest BCUT2D eigenvalue weighted by molar-refractivity contribution is 0.178. The maximum absolute atomic E-state index is 6.10. The minimum atomic E-state index is -0.110. The van der Waals surface area contributed by atoms with E-state index in [2.05, 4.69) is 47.0 Å². The van der Waals surface area contributed by atoms with Gasteiger partial charge in [0.05, 0.1) is 5.69 Å². The summed E-state index contributed by atoms with van der Waals surface area (Å²) in [6.07, 6.45) is 2.31. The van der Waals surface area contributed by atoms with E-state index in [1.54, 1.807) is 0 Å². The third kappa shape index (κ3) is 4.15. The second kappa shape index (κ2) is 6.06. The van der Waals surface area contributed by atoms with Crippen LogP contribution in [0.2, 0.25) is 0 Å². The van der Waals surface area contributed by atoms with Crippen LogP contribution in [0.4, 0.5) is 5.82 Å². The van der Waals surface area contributed by atoms with Gasteiger partial charge in [-0.3, -0.25) is 0 Å². The number of likely N-dealkylation sites (tertiary alicyclic amines) is 1. The quantitative estimate of drug-likeness (QED) is 0.902. The first-order chi connectivity index (χ1) is 9.35. The van der Waals surface area contributed by atoms with Crippen molar-refractivity contribution in [1.82, 2.24) is 15.1 Å². The van der Waals surface area contributed by atoms with Crippen LogP contribution in [0.1, 0.15) is 32.4 Å². The van der Waals surface area contributed by atoms with E-state index >= 15 is 0 Å². The first kappa shape index (κ1) is 15.2. The van der Waals surface area contributed by atoms with Crippen molar-refractivity contribution in [2.45, 2.75) is 45.2 Å². The zero-order valence-corrected chi connectivity index (χ0v) is 13.1. The van der Waals surface area contributed by atoms with Crippen LogP contribution in [-0.4, -0.2) is 53.4 Å². The van der Waals surface area contributed by atoms with Gasteiger partial charge in [0.15, 0.2) is 5.82 Å². The predicted octanol–water partition coefficient (Wildman–Crippen LogP) is 1.42. The number of aryl methyl sites for hydroxylation is 1. The van der Waals surface area contributed by atoms with E-state index in [-0.39, 0.29) is 5.54 Å². The largest absolute Gasteiger partial charge is 0.355 e. The molecule has 2 N–H and O–H groups in total. The molecule has 0 radical (unpaired) electrons. The summed E-state index contributed by atoms with van der Waals surface area (Å²) >= 11 is 0. The number of hydrogen-bond donors (Lipinski definition) is 1. The van der Waals surface area contributed by atoms with Crippen molar-refractivity contribution in [3.05, 3.63) is 17.8 Å². The number of piperidine rings is 1. The van der Waals surface area contributed by atoms with Gasteiger partial charge in [0.1, 0.15) is 0 Å². The van der Waals surface area contributed by atoms with Crippen LogP contribution >= 0.6 is 0 Å². The third-order valence-electron chi connectivity index (χ3n) is 3.88. The fourth-order valence-corrected chi connectivity index (χ4v) is 2.81. The molecule has 0 spiro atoms. The molecule has 0 aliphatic carbocycles. The highest BCUT2D eigenvalue weighted by Crippen LogP contribution is 2.20. The number of rotatable bonds is 4. The fraction of sp³-hybridized carbons (Fsp3) is 0.733. The lowest BCUT2D eigenvalue weighted by Crippen LogP contribution is -2.50. The molecule has 1 saturated heterocycles. The monoisotopic (exact) mass is 277 g/mol. The molecule has 2 heterocycles. The molecule has 0 bridgehead atoms. The van der Waals surface area contributed by atoms with E-state index in [4.69, 9.17) is 5.73 Å². The first-order valence-electron chi connectivity index (χ1n) is 7.39. The maximum Gasteiger partial charge on any atom is 0.151 e. The number of aromatic nitrogens is 2. The van der Waals surface area contributed by atoms with Gasteiger partial charge in [0.25, 0.3) is 0 Å². The first-order valence-corrected chi connectivity index (χ1v) is 7.39. The topological polar surface area (TPSA) is 58.3 Å². The molecule has 0 atom stereocenters. The Kier molecular flexibility index (Phi) is 4.60. The summed E-state index contributed by atoms with van der Waals surface area (Å²) in [5.74, 6) is 0.966. The zero-order valence-electron chi connectivity index (χ0n) is 13.1. The molecule has 1 aliphatic rings. The Balaban J connectivity index is 1.88. The van der Waals surface area contributed by atoms with Gasteiger partial charge in [-0.25, -0.2) is 0 Å². The second-order valence-corrected chi connectivity index (χ2v) is 6.64. The molecule has 20 heavy (non-hydrogen) atoms. The van der Waals surface area contributed by atoms with Gasteiger partial charge in [-0.15, -0.1) is 5.10 Å². The van der Waals surface area contributed by atoms with Gasteiger partial charge in [-0.2, -0.15) is 5.10 Å². The maximum atomic E-state index is 6.10. The lowest BCUT2D eigenvalue weighted by atomic mass is 10.0. The van der Waals surface area contributed by atoms with Crippen LogP contribution in [0.15, 0.2) is 12.1 Å². The van der Waals surface area contributed by atoms with Crippen molar-refractivity contribution in [2.24, 2.45) is 5.73 Å². The second-order valence-electron chi connectivity index (χ2n) is 6.64. The Hall–Kier alpha value is -1.20. The van der Waals surface area contributed by atoms with E-state index in [0.29, 0.717) is 6.04 Å². The lowest BCUT2D eigenvalue weighted by Gasteiger charge is -2.39. The minimum absolute atomic E-state index is 0.110. The summed E-state index contributed by atoms with van der Waals surface area (Å²) < 4.78 is 0. The molecular weight excluding hydrogens is 250 g/mol. The summed E-state index contributed by atoms with van der Waals surface area (Å²) in [6, 6.07) is 4.62. The van der Waals surface area contributed by atoms with Crippen LogP contribution in [0.25, 0.3) is 0 Å². The molecule has 0 amide bonds. The van der Waals surface area contributed by atoms with Crippen LogP contribution in [0.3, 0.4) is 0 Å². The molecular formula is C15H27N5. The van der Waals surface area contributed by atoms with Crippen LogP contribution in [0, 0.1) is 6.92 Å². The summed E-state index contributed by atoms with van der Waals surface area (Å²) in [7, 11) is 2.12. The highest BCUT2D eigenvalue weighted by Gasteiger charge is 2.25. The highest BCUT2D eigenvalue weighted by atomic mass is 15.3. The van der Waals surface area contributed by atoms with Gasteiger partial charge in [0, 0.05) is 38.3 Å². The molecule has 5 nitrogen and oxygen atoms in total. The summed E-state index contributed by atoms with van der Waals surface area (Å²) in [5, 5.41) is 8.41. The Morgan fingerprint density at radius 3 is 2.45 bits per heavy atom. The molecule has 1 aliphatic heterocycles. The van der Waals surface area contributed by atoms with Gasteiger partial charge < -0.3 is 15.5 Å². The molecule has 0 unspecified atom stereocenters. The fourth-order valence-electron chi connectivity index (χ4n) is 2.81. The highest BCUT2D eigenvalue weighted by molar-refractivity contribution is 5.37. The van der Waals surface area contributed by atoms with Crippen molar-refractivity contribution in [3.8, 4) is 0 Å². The van der Waals surface area contributed by atoms with E-state index in [1.807, 2.05) is 13.0 Å². The van der Waals surface area contributed by atoms with Gasteiger partial charge in [0.2, 0.25) is 0 Å². The Morgan fingerprint density at radius 1 is 1.30 bits per heavy atom. The van der Waals surface area contributed by atoms with E-state index in [1.165, 1.54) is 0 Å². The van der Waals surface area contributed by atoms with Gasteiger partial charge in [-0.1, -0.05) is 0 Å². The normalized spacial score (nSPS) is 18.2. The zero-order chi connectivity index (χ0) is 14.8. The Morgan fingerprint density at radius 2 is 1.95 bits per heavy atom. The number of nitrogens with two attached hydrogens (primary N) is 1. The number of nitrogens with zero attached hydrogens (tertiary/aromatic N) is 4. The molecule has 2 rings (SSSR count). The molecule has 1 aromatic rings.